The van der Waals surface area contributed by atoms with Crippen molar-refractivity contribution < 1.29 is 0 Å². The number of hydrogen-bond donors (Lipinski definition) is 0. The molecule has 0 bridgehead atoms. The number of unbranched alkanes of at least 4 members (excludes halogenated alkanes) is 3. The van der Waals surface area contributed by atoms with Crippen LogP contribution in [0.25, 0.3) is 0 Å². The lowest BCUT2D eigenvalue weighted by molar-refractivity contribution is 0.601. The molecule has 0 saturated heterocycles. The Bertz CT molecular complexity index is 337. The normalized spacial score (nSPS) is 9.73. The molecule has 0 saturated carbocycles. The summed E-state index contributed by atoms with van der Waals surface area (Å²) in [7, 11) is 0. The molecule has 0 aliphatic rings. The highest BCUT2D eigenvalue weighted by Gasteiger charge is 2.03. The second kappa shape index (κ2) is 7.63. The smallest absolute Gasteiger partial charge is 0.152 e. The van der Waals surface area contributed by atoms with E-state index in [1.165, 1.54) is 19.3 Å². The van der Waals surface area contributed by atoms with E-state index in [1.807, 2.05) is 22.6 Å². The van der Waals surface area contributed by atoms with Gasteiger partial charge in [0, 0.05) is 29.0 Å². The van der Waals surface area contributed by atoms with E-state index in [-0.39, 0.29) is 0 Å². The number of hydrogen-bond acceptors (Lipinski definition) is 3. The molecule has 0 unspecified atom stereocenters. The van der Waals surface area contributed by atoms with Crippen molar-refractivity contribution >= 4 is 22.6 Å². The lowest BCUT2D eigenvalue weighted by atomic mass is 10.1. The minimum Gasteiger partial charge on any atom is -0.218 e. The van der Waals surface area contributed by atoms with E-state index in [4.69, 9.17) is 0 Å². The number of tetrazole rings is 1. The minimum atomic E-state index is 0.596. The fourth-order valence-corrected chi connectivity index (χ4v) is 1.51. The van der Waals surface area contributed by atoms with Gasteiger partial charge in [-0.15, -0.1) is 5.10 Å². The van der Waals surface area contributed by atoms with Crippen molar-refractivity contribution in [2.75, 3.05) is 0 Å². The number of aromatic nitrogens is 4. The Balaban J connectivity index is 2.38. The summed E-state index contributed by atoms with van der Waals surface area (Å²) in [6.45, 7) is 2.80. The Labute approximate surface area is 104 Å². The van der Waals surface area contributed by atoms with Gasteiger partial charge in [0.25, 0.3) is 0 Å². The van der Waals surface area contributed by atoms with Crippen LogP contribution in [-0.4, -0.2) is 20.2 Å². The highest BCUT2D eigenvalue weighted by molar-refractivity contribution is 14.1. The first-order chi connectivity index (χ1) is 7.38. The number of nitrogens with zero attached hydrogens (tertiary/aromatic N) is 4. The second-order valence-corrected chi connectivity index (χ2v) is 3.87. The van der Waals surface area contributed by atoms with Crippen molar-refractivity contribution in [2.24, 2.45) is 0 Å². The maximum Gasteiger partial charge on any atom is 0.152 e. The van der Waals surface area contributed by atoms with Crippen molar-refractivity contribution in [3.05, 3.63) is 5.82 Å². The Morgan fingerprint density at radius 1 is 1.33 bits per heavy atom. The first-order valence-electron chi connectivity index (χ1n) is 5.22. The van der Waals surface area contributed by atoms with Crippen LogP contribution in [0, 0.1) is 9.85 Å². The van der Waals surface area contributed by atoms with Gasteiger partial charge >= 0.3 is 0 Å². The van der Waals surface area contributed by atoms with Crippen LogP contribution >= 0.6 is 22.6 Å². The van der Waals surface area contributed by atoms with Crippen molar-refractivity contribution in [3.8, 4) is 9.85 Å². The average molecular weight is 318 g/mol. The van der Waals surface area contributed by atoms with Gasteiger partial charge in [-0.05, 0) is 20.8 Å². The fraction of sp³-hybridized carbons (Fsp3) is 0.700. The second-order valence-electron chi connectivity index (χ2n) is 3.33. The molecule has 0 atom stereocenters. The van der Waals surface area contributed by atoms with Crippen LogP contribution in [0.1, 0.15) is 38.4 Å². The van der Waals surface area contributed by atoms with Gasteiger partial charge in [-0.2, -0.15) is 0 Å². The molecular formula is C10H15IN4. The first-order valence-corrected chi connectivity index (χ1v) is 6.30. The molecule has 0 N–H and O–H groups in total. The molecule has 0 aliphatic carbocycles. The van der Waals surface area contributed by atoms with E-state index in [9.17, 15) is 0 Å². The summed E-state index contributed by atoms with van der Waals surface area (Å²) in [6.07, 6.45) is 5.91. The molecule has 82 valence electrons. The van der Waals surface area contributed by atoms with Crippen LogP contribution < -0.4 is 0 Å². The summed E-state index contributed by atoms with van der Waals surface area (Å²) >= 11 is 2.02. The number of halogens is 1. The van der Waals surface area contributed by atoms with Crippen LogP contribution in [0.2, 0.25) is 0 Å². The zero-order valence-electron chi connectivity index (χ0n) is 8.91. The molecule has 1 aromatic rings. The fourth-order valence-electron chi connectivity index (χ4n) is 1.34. The van der Waals surface area contributed by atoms with E-state index in [0.29, 0.717) is 6.54 Å². The summed E-state index contributed by atoms with van der Waals surface area (Å²) in [5, 5.41) is 11.6. The molecule has 0 fully saturated rings. The molecule has 0 spiro atoms. The Hall–Kier alpha value is -0.640. The third-order valence-corrected chi connectivity index (χ3v) is 2.54. The lowest BCUT2D eigenvalue weighted by Gasteiger charge is -1.99. The summed E-state index contributed by atoms with van der Waals surface area (Å²) in [6, 6.07) is 0. The molecule has 0 aliphatic heterocycles. The monoisotopic (exact) mass is 318 g/mol. The Morgan fingerprint density at radius 2 is 2.20 bits per heavy atom. The Morgan fingerprint density at radius 3 is 2.93 bits per heavy atom. The van der Waals surface area contributed by atoms with Crippen molar-refractivity contribution in [1.29, 1.82) is 0 Å². The van der Waals surface area contributed by atoms with E-state index in [1.54, 1.807) is 4.68 Å². The van der Waals surface area contributed by atoms with E-state index >= 15 is 0 Å². The predicted octanol–water partition coefficient (Wildman–Crippen LogP) is 2.19. The van der Waals surface area contributed by atoms with Crippen molar-refractivity contribution in [2.45, 2.75) is 45.6 Å². The maximum absolute atomic E-state index is 4.00. The number of rotatable bonds is 6. The van der Waals surface area contributed by atoms with Crippen LogP contribution in [0.3, 0.4) is 0 Å². The van der Waals surface area contributed by atoms with Gasteiger partial charge in [-0.1, -0.05) is 32.1 Å². The molecule has 0 aromatic carbocycles. The van der Waals surface area contributed by atoms with Crippen LogP contribution in [0.4, 0.5) is 0 Å². The molecular weight excluding hydrogens is 303 g/mol. The zero-order chi connectivity index (χ0) is 10.9. The van der Waals surface area contributed by atoms with Gasteiger partial charge in [-0.25, -0.2) is 4.68 Å². The van der Waals surface area contributed by atoms with Gasteiger partial charge < -0.3 is 0 Å². The van der Waals surface area contributed by atoms with E-state index in [0.717, 1.165) is 18.7 Å². The quantitative estimate of drug-likeness (QED) is 0.459. The minimum absolute atomic E-state index is 0.596. The van der Waals surface area contributed by atoms with Gasteiger partial charge in [0.2, 0.25) is 0 Å². The molecule has 4 nitrogen and oxygen atoms in total. The standard InChI is InChI=1S/C10H15IN4/c1-2-3-4-5-7-10-12-13-14-15(10)9-6-8-11/h2-5,7,9H2,1H3. The molecule has 0 radical (unpaired) electrons. The first kappa shape index (κ1) is 12.4. The molecule has 1 aromatic heterocycles. The largest absolute Gasteiger partial charge is 0.218 e. The SMILES string of the molecule is CCCCCCc1nnnn1CC#CI. The average Bonchev–Trinajstić information content (AvgIpc) is 2.69. The predicted molar refractivity (Wildman–Crippen MR) is 67.5 cm³/mol. The van der Waals surface area contributed by atoms with E-state index in [2.05, 4.69) is 32.3 Å². The highest BCUT2D eigenvalue weighted by atomic mass is 127. The molecule has 1 heterocycles. The third kappa shape index (κ3) is 4.60. The zero-order valence-corrected chi connectivity index (χ0v) is 11.1. The molecule has 0 amide bonds. The molecule has 5 heteroatoms. The third-order valence-electron chi connectivity index (χ3n) is 2.16. The van der Waals surface area contributed by atoms with E-state index < -0.39 is 0 Å². The maximum atomic E-state index is 4.00. The van der Waals surface area contributed by atoms with Crippen molar-refractivity contribution in [3.63, 3.8) is 0 Å². The Kier molecular flexibility index (Phi) is 6.32. The van der Waals surface area contributed by atoms with Gasteiger partial charge in [-0.3, -0.25) is 0 Å². The van der Waals surface area contributed by atoms with Crippen LogP contribution in [0.5, 0.6) is 0 Å². The van der Waals surface area contributed by atoms with Crippen molar-refractivity contribution in [1.82, 2.24) is 20.2 Å². The summed E-state index contributed by atoms with van der Waals surface area (Å²) in [5.41, 5.74) is 0. The van der Waals surface area contributed by atoms with Gasteiger partial charge in [0.05, 0.1) is 0 Å². The van der Waals surface area contributed by atoms with Crippen LogP contribution in [-0.2, 0) is 13.0 Å². The molecule has 1 rings (SSSR count). The molecule has 15 heavy (non-hydrogen) atoms. The van der Waals surface area contributed by atoms with Gasteiger partial charge in [0.15, 0.2) is 5.82 Å². The highest BCUT2D eigenvalue weighted by Crippen LogP contribution is 2.04. The van der Waals surface area contributed by atoms with Crippen LogP contribution in [0.15, 0.2) is 0 Å². The number of aryl methyl sites for hydroxylation is 1. The van der Waals surface area contributed by atoms with Gasteiger partial charge in [0.1, 0.15) is 6.54 Å². The summed E-state index contributed by atoms with van der Waals surface area (Å²) in [5.74, 6) is 3.90. The summed E-state index contributed by atoms with van der Waals surface area (Å²) in [4.78, 5) is 0. The summed E-state index contributed by atoms with van der Waals surface area (Å²) < 4.78 is 4.59. The lowest BCUT2D eigenvalue weighted by Crippen LogP contribution is -2.04. The topological polar surface area (TPSA) is 43.6 Å².